The Morgan fingerprint density at radius 2 is 2.09 bits per heavy atom. The van der Waals surface area contributed by atoms with Gasteiger partial charge >= 0.3 is 5.97 Å². The van der Waals surface area contributed by atoms with Gasteiger partial charge in [-0.15, -0.1) is 11.3 Å². The molecule has 2 aromatic carbocycles. The summed E-state index contributed by atoms with van der Waals surface area (Å²) in [7, 11) is 1.23. The molecule has 0 atom stereocenters. The van der Waals surface area contributed by atoms with Gasteiger partial charge in [0.05, 0.1) is 22.9 Å². The van der Waals surface area contributed by atoms with Gasteiger partial charge in [0.1, 0.15) is 11.3 Å². The number of esters is 1. The highest BCUT2D eigenvalue weighted by molar-refractivity contribution is 7.16. The Morgan fingerprint density at radius 3 is 2.82 bits per heavy atom. The quantitative estimate of drug-likeness (QED) is 0.686. The fourth-order valence-electron chi connectivity index (χ4n) is 2.30. The molecule has 0 amide bonds. The van der Waals surface area contributed by atoms with Gasteiger partial charge in [0, 0.05) is 12.0 Å². The zero-order valence-corrected chi connectivity index (χ0v) is 12.4. The van der Waals surface area contributed by atoms with Gasteiger partial charge in [0.15, 0.2) is 5.82 Å². The molecule has 0 aliphatic rings. The van der Waals surface area contributed by atoms with E-state index in [-0.39, 0.29) is 23.1 Å². The van der Waals surface area contributed by atoms with Crippen LogP contribution in [0.25, 0.3) is 10.2 Å². The SMILES string of the molecule is COC(=O)c1cc2scnc2c(F)c1Cc1ccccc1F. The smallest absolute Gasteiger partial charge is 0.338 e. The molecule has 0 fully saturated rings. The van der Waals surface area contributed by atoms with Crippen molar-refractivity contribution in [1.82, 2.24) is 4.98 Å². The molecule has 0 unspecified atom stereocenters. The summed E-state index contributed by atoms with van der Waals surface area (Å²) in [6.07, 6.45) is -0.0452. The second kappa shape index (κ2) is 5.81. The van der Waals surface area contributed by atoms with Crippen molar-refractivity contribution < 1.29 is 18.3 Å². The minimum Gasteiger partial charge on any atom is -0.465 e. The third kappa shape index (κ3) is 2.46. The van der Waals surface area contributed by atoms with Crippen molar-refractivity contribution >= 4 is 27.5 Å². The number of hydrogen-bond donors (Lipinski definition) is 0. The summed E-state index contributed by atoms with van der Waals surface area (Å²) >= 11 is 1.23. The number of ether oxygens (including phenoxy) is 1. The lowest BCUT2D eigenvalue weighted by Crippen LogP contribution is -2.09. The number of thiazole rings is 1. The zero-order chi connectivity index (χ0) is 15.7. The molecule has 22 heavy (non-hydrogen) atoms. The average molecular weight is 319 g/mol. The highest BCUT2D eigenvalue weighted by atomic mass is 32.1. The maximum atomic E-state index is 14.7. The van der Waals surface area contributed by atoms with E-state index in [0.29, 0.717) is 10.3 Å². The van der Waals surface area contributed by atoms with Crippen molar-refractivity contribution in [2.24, 2.45) is 0 Å². The van der Waals surface area contributed by atoms with Crippen LogP contribution in [-0.2, 0) is 11.2 Å². The van der Waals surface area contributed by atoms with Crippen molar-refractivity contribution in [3.05, 3.63) is 64.2 Å². The molecule has 0 N–H and O–H groups in total. The van der Waals surface area contributed by atoms with E-state index >= 15 is 0 Å². The molecule has 3 aromatic rings. The Labute approximate surface area is 129 Å². The predicted molar refractivity (Wildman–Crippen MR) is 80.1 cm³/mol. The molecule has 0 aliphatic carbocycles. The molecule has 3 rings (SSSR count). The van der Waals surface area contributed by atoms with Gasteiger partial charge in [-0.05, 0) is 17.7 Å². The summed E-state index contributed by atoms with van der Waals surface area (Å²) in [6.45, 7) is 0. The van der Waals surface area contributed by atoms with E-state index in [4.69, 9.17) is 4.74 Å². The van der Waals surface area contributed by atoms with Gasteiger partial charge in [-0.2, -0.15) is 0 Å². The average Bonchev–Trinajstić information content (AvgIpc) is 2.99. The van der Waals surface area contributed by atoms with Gasteiger partial charge in [0.2, 0.25) is 0 Å². The number of nitrogens with zero attached hydrogens (tertiary/aromatic N) is 1. The first kappa shape index (κ1) is 14.6. The Balaban J connectivity index is 2.19. The second-order valence-corrected chi connectivity index (χ2v) is 5.56. The van der Waals surface area contributed by atoms with Crippen LogP contribution in [-0.4, -0.2) is 18.1 Å². The summed E-state index contributed by atoms with van der Waals surface area (Å²) in [5.41, 5.74) is 2.18. The van der Waals surface area contributed by atoms with Crippen molar-refractivity contribution in [3.63, 3.8) is 0 Å². The molecular formula is C16H11F2NO2S. The highest BCUT2D eigenvalue weighted by Crippen LogP contribution is 2.29. The molecule has 1 aromatic heterocycles. The van der Waals surface area contributed by atoms with E-state index in [0.717, 1.165) is 0 Å². The molecule has 6 heteroatoms. The number of aromatic nitrogens is 1. The number of halogens is 2. The molecule has 0 bridgehead atoms. The Morgan fingerprint density at radius 1 is 1.32 bits per heavy atom. The lowest BCUT2D eigenvalue weighted by atomic mass is 9.98. The molecule has 0 spiro atoms. The first-order valence-electron chi connectivity index (χ1n) is 6.48. The summed E-state index contributed by atoms with van der Waals surface area (Å²) in [4.78, 5) is 15.9. The standard InChI is InChI=1S/C16H11F2NO2S/c1-21-16(20)11-7-13-15(19-8-22-13)14(18)10(11)6-9-4-2-3-5-12(9)17/h2-5,7-8H,6H2,1H3. The lowest BCUT2D eigenvalue weighted by molar-refractivity contribution is 0.0599. The van der Waals surface area contributed by atoms with E-state index in [1.165, 1.54) is 36.1 Å². The van der Waals surface area contributed by atoms with Crippen LogP contribution >= 0.6 is 11.3 Å². The third-order valence-corrected chi connectivity index (χ3v) is 4.17. The predicted octanol–water partition coefficient (Wildman–Crippen LogP) is 3.95. The Hall–Kier alpha value is -2.34. The van der Waals surface area contributed by atoms with E-state index in [9.17, 15) is 13.6 Å². The van der Waals surface area contributed by atoms with E-state index in [2.05, 4.69) is 4.98 Å². The van der Waals surface area contributed by atoms with Crippen molar-refractivity contribution in [3.8, 4) is 0 Å². The van der Waals surface area contributed by atoms with Crippen molar-refractivity contribution in [1.29, 1.82) is 0 Å². The van der Waals surface area contributed by atoms with Crippen LogP contribution in [0, 0.1) is 11.6 Å². The summed E-state index contributed by atoms with van der Waals surface area (Å²) in [6, 6.07) is 7.61. The molecule has 112 valence electrons. The first-order chi connectivity index (χ1) is 10.6. The zero-order valence-electron chi connectivity index (χ0n) is 11.6. The van der Waals surface area contributed by atoms with Crippen molar-refractivity contribution in [2.75, 3.05) is 7.11 Å². The second-order valence-electron chi connectivity index (χ2n) is 4.68. The van der Waals surface area contributed by atoms with Crippen LogP contribution < -0.4 is 0 Å². The minimum absolute atomic E-state index is 0.0452. The van der Waals surface area contributed by atoms with Crippen molar-refractivity contribution in [2.45, 2.75) is 6.42 Å². The maximum Gasteiger partial charge on any atom is 0.338 e. The number of carbonyl (C=O) groups is 1. The van der Waals surface area contributed by atoms with Gasteiger partial charge in [0.25, 0.3) is 0 Å². The normalized spacial score (nSPS) is 10.9. The van der Waals surface area contributed by atoms with Crippen LogP contribution in [0.4, 0.5) is 8.78 Å². The molecule has 0 saturated heterocycles. The van der Waals surface area contributed by atoms with Crippen LogP contribution in [0.2, 0.25) is 0 Å². The van der Waals surface area contributed by atoms with E-state index in [1.807, 2.05) is 0 Å². The lowest BCUT2D eigenvalue weighted by Gasteiger charge is -2.10. The number of carbonyl (C=O) groups excluding carboxylic acids is 1. The number of rotatable bonds is 3. The number of hydrogen-bond acceptors (Lipinski definition) is 4. The topological polar surface area (TPSA) is 39.2 Å². The van der Waals surface area contributed by atoms with Gasteiger partial charge in [-0.25, -0.2) is 18.6 Å². The van der Waals surface area contributed by atoms with Crippen LogP contribution in [0.1, 0.15) is 21.5 Å². The third-order valence-electron chi connectivity index (χ3n) is 3.40. The largest absolute Gasteiger partial charge is 0.465 e. The fraction of sp³-hybridized carbons (Fsp3) is 0.125. The fourth-order valence-corrected chi connectivity index (χ4v) is 3.01. The molecule has 0 saturated carbocycles. The molecule has 1 heterocycles. The van der Waals surface area contributed by atoms with Gasteiger partial charge in [-0.1, -0.05) is 18.2 Å². The Bertz CT molecular complexity index is 860. The molecule has 0 radical (unpaired) electrons. The summed E-state index contributed by atoms with van der Waals surface area (Å²) in [5, 5.41) is 0. The molecule has 3 nitrogen and oxygen atoms in total. The monoisotopic (exact) mass is 319 g/mol. The van der Waals surface area contributed by atoms with Gasteiger partial charge in [-0.3, -0.25) is 0 Å². The summed E-state index contributed by atoms with van der Waals surface area (Å²) < 4.78 is 33.8. The summed E-state index contributed by atoms with van der Waals surface area (Å²) in [5.74, 6) is -1.71. The number of benzene rings is 2. The number of methoxy groups -OCH3 is 1. The maximum absolute atomic E-state index is 14.7. The minimum atomic E-state index is -0.652. The molecular weight excluding hydrogens is 308 g/mol. The molecule has 0 aliphatic heterocycles. The van der Waals surface area contributed by atoms with E-state index < -0.39 is 17.6 Å². The first-order valence-corrected chi connectivity index (χ1v) is 7.36. The van der Waals surface area contributed by atoms with Crippen LogP contribution in [0.15, 0.2) is 35.8 Å². The van der Waals surface area contributed by atoms with E-state index in [1.54, 1.807) is 18.2 Å². The van der Waals surface area contributed by atoms with Crippen LogP contribution in [0.3, 0.4) is 0 Å². The van der Waals surface area contributed by atoms with Crippen LogP contribution in [0.5, 0.6) is 0 Å². The highest BCUT2D eigenvalue weighted by Gasteiger charge is 2.21. The van der Waals surface area contributed by atoms with Gasteiger partial charge < -0.3 is 4.74 Å². The Kier molecular flexibility index (Phi) is 3.85. The number of fused-ring (bicyclic) bond motifs is 1.